The number of aromatic nitrogens is 1. The highest BCUT2D eigenvalue weighted by molar-refractivity contribution is 5.84. The molecule has 7 nitrogen and oxygen atoms in total. The van der Waals surface area contributed by atoms with Crippen molar-refractivity contribution in [1.29, 1.82) is 0 Å². The van der Waals surface area contributed by atoms with Crippen molar-refractivity contribution in [3.63, 3.8) is 0 Å². The smallest absolute Gasteiger partial charge is 0.178 e. The van der Waals surface area contributed by atoms with Crippen molar-refractivity contribution in [1.82, 2.24) is 15.4 Å². The molecule has 3 aromatic rings. The summed E-state index contributed by atoms with van der Waals surface area (Å²) < 4.78 is 16.8. The van der Waals surface area contributed by atoms with Crippen LogP contribution in [0.25, 0.3) is 22.5 Å². The van der Waals surface area contributed by atoms with Gasteiger partial charge in [0.2, 0.25) is 0 Å². The maximum atomic E-state index is 10.9. The summed E-state index contributed by atoms with van der Waals surface area (Å²) in [7, 11) is 1.62. The summed E-state index contributed by atoms with van der Waals surface area (Å²) in [6.45, 7) is 12.1. The van der Waals surface area contributed by atoms with E-state index < -0.39 is 0 Å². The molecule has 0 bridgehead atoms. The molecule has 182 valence electrons. The van der Waals surface area contributed by atoms with E-state index >= 15 is 0 Å². The molecule has 2 aromatic carbocycles. The van der Waals surface area contributed by atoms with E-state index in [4.69, 9.17) is 14.0 Å². The number of morpholine rings is 1. The highest BCUT2D eigenvalue weighted by Crippen LogP contribution is 2.43. The molecule has 1 saturated heterocycles. The van der Waals surface area contributed by atoms with E-state index in [-0.39, 0.29) is 11.7 Å². The molecule has 0 atom stereocenters. The highest BCUT2D eigenvalue weighted by atomic mass is 16.5. The number of ether oxygens (including phenoxy) is 2. The molecule has 0 aliphatic carbocycles. The first-order chi connectivity index (χ1) is 16.5. The Balaban J connectivity index is 1.72. The number of rotatable bonds is 9. The Morgan fingerprint density at radius 3 is 2.53 bits per heavy atom. The first kappa shape index (κ1) is 24.3. The van der Waals surface area contributed by atoms with Crippen molar-refractivity contribution in [3.05, 3.63) is 53.2 Å². The van der Waals surface area contributed by atoms with E-state index in [0.717, 1.165) is 61.8 Å². The largest absolute Gasteiger partial charge is 0.507 e. The van der Waals surface area contributed by atoms with Gasteiger partial charge in [-0.3, -0.25) is 4.90 Å². The molecular formula is C27H35N3O4. The molecule has 0 radical (unpaired) electrons. The predicted octanol–water partition coefficient (Wildman–Crippen LogP) is 4.79. The van der Waals surface area contributed by atoms with Gasteiger partial charge < -0.3 is 24.4 Å². The molecule has 1 aliphatic heterocycles. The standard InChI is InChI=1S/C27H35N3O4/c1-5-28-16-23-26(20-8-6-19(7-9-20)17-30-10-12-33-13-11-30)27(34-29-23)22-14-21(18(2)3)25(32-4)15-24(22)31/h6-9,14-15,18,28,31H,5,10-13,16-17H2,1-4H3. The molecule has 0 unspecified atom stereocenters. The number of nitrogens with one attached hydrogen (secondary N) is 1. The van der Waals surface area contributed by atoms with Gasteiger partial charge in [0.1, 0.15) is 17.2 Å². The highest BCUT2D eigenvalue weighted by Gasteiger charge is 2.24. The van der Waals surface area contributed by atoms with Gasteiger partial charge >= 0.3 is 0 Å². The molecule has 7 heteroatoms. The molecule has 0 amide bonds. The zero-order valence-electron chi connectivity index (χ0n) is 20.6. The molecule has 4 rings (SSSR count). The lowest BCUT2D eigenvalue weighted by Crippen LogP contribution is -2.35. The van der Waals surface area contributed by atoms with Crippen LogP contribution in [0.3, 0.4) is 0 Å². The number of hydrogen-bond acceptors (Lipinski definition) is 7. The summed E-state index contributed by atoms with van der Waals surface area (Å²) in [5, 5.41) is 18.6. The van der Waals surface area contributed by atoms with Crippen LogP contribution in [0.5, 0.6) is 11.5 Å². The SMILES string of the molecule is CCNCc1noc(-c2cc(C(C)C)c(OC)cc2O)c1-c1ccc(CN2CCOCC2)cc1. The van der Waals surface area contributed by atoms with Crippen molar-refractivity contribution >= 4 is 0 Å². The Morgan fingerprint density at radius 2 is 1.88 bits per heavy atom. The minimum Gasteiger partial charge on any atom is -0.507 e. The zero-order chi connectivity index (χ0) is 24.1. The lowest BCUT2D eigenvalue weighted by Gasteiger charge is -2.26. The summed E-state index contributed by atoms with van der Waals surface area (Å²) >= 11 is 0. The predicted molar refractivity (Wildman–Crippen MR) is 133 cm³/mol. The summed E-state index contributed by atoms with van der Waals surface area (Å²) in [6, 6.07) is 12.2. The van der Waals surface area contributed by atoms with Crippen molar-refractivity contribution in [2.24, 2.45) is 0 Å². The molecule has 34 heavy (non-hydrogen) atoms. The molecule has 2 N–H and O–H groups in total. The van der Waals surface area contributed by atoms with Gasteiger partial charge in [-0.15, -0.1) is 0 Å². The van der Waals surface area contributed by atoms with E-state index in [0.29, 0.717) is 23.6 Å². The quantitative estimate of drug-likeness (QED) is 0.470. The fraction of sp³-hybridized carbons (Fsp3) is 0.444. The van der Waals surface area contributed by atoms with E-state index in [2.05, 4.69) is 60.4 Å². The molecular weight excluding hydrogens is 430 g/mol. The van der Waals surface area contributed by atoms with E-state index in [1.807, 2.05) is 6.07 Å². The van der Waals surface area contributed by atoms with Gasteiger partial charge in [-0.2, -0.15) is 0 Å². The summed E-state index contributed by atoms with van der Waals surface area (Å²) in [4.78, 5) is 2.41. The number of methoxy groups -OCH3 is 1. The number of nitrogens with zero attached hydrogens (tertiary/aromatic N) is 2. The van der Waals surface area contributed by atoms with Crippen LogP contribution in [-0.4, -0.2) is 55.1 Å². The number of phenols is 1. The van der Waals surface area contributed by atoms with Crippen molar-refractivity contribution < 1.29 is 19.1 Å². The van der Waals surface area contributed by atoms with Gasteiger partial charge in [-0.25, -0.2) is 0 Å². The third kappa shape index (κ3) is 5.27. The van der Waals surface area contributed by atoms with Gasteiger partial charge in [0.05, 0.1) is 31.5 Å². The summed E-state index contributed by atoms with van der Waals surface area (Å²) in [5.74, 6) is 1.56. The normalized spacial score (nSPS) is 14.6. The number of aromatic hydroxyl groups is 1. The Hall–Kier alpha value is -2.87. The second-order valence-electron chi connectivity index (χ2n) is 8.97. The minimum atomic E-state index is 0.109. The first-order valence-corrected chi connectivity index (χ1v) is 12.0. The number of phenolic OH excluding ortho intramolecular Hbond substituents is 1. The van der Waals surface area contributed by atoms with Crippen LogP contribution in [0, 0.1) is 0 Å². The van der Waals surface area contributed by atoms with Gasteiger partial charge in [0.15, 0.2) is 5.76 Å². The molecule has 0 saturated carbocycles. The van der Waals surface area contributed by atoms with Crippen molar-refractivity contribution in [2.75, 3.05) is 40.0 Å². The van der Waals surface area contributed by atoms with Crippen LogP contribution in [0.1, 0.15) is 43.5 Å². The molecule has 1 aliphatic rings. The Labute approximate surface area is 201 Å². The van der Waals surface area contributed by atoms with Crippen LogP contribution >= 0.6 is 0 Å². The Bertz CT molecular complexity index is 1090. The lowest BCUT2D eigenvalue weighted by atomic mass is 9.94. The monoisotopic (exact) mass is 465 g/mol. The van der Waals surface area contributed by atoms with Crippen LogP contribution in [-0.2, 0) is 17.8 Å². The van der Waals surface area contributed by atoms with Gasteiger partial charge in [0, 0.05) is 32.2 Å². The average molecular weight is 466 g/mol. The maximum Gasteiger partial charge on any atom is 0.178 e. The lowest BCUT2D eigenvalue weighted by molar-refractivity contribution is 0.0342. The van der Waals surface area contributed by atoms with Gasteiger partial charge in [-0.05, 0) is 35.2 Å². The van der Waals surface area contributed by atoms with Crippen molar-refractivity contribution in [2.45, 2.75) is 39.8 Å². The minimum absolute atomic E-state index is 0.109. The van der Waals surface area contributed by atoms with Gasteiger partial charge in [-0.1, -0.05) is 50.2 Å². The molecule has 1 aromatic heterocycles. The number of benzene rings is 2. The zero-order valence-corrected chi connectivity index (χ0v) is 20.6. The van der Waals surface area contributed by atoms with Crippen LogP contribution in [0.2, 0.25) is 0 Å². The maximum absolute atomic E-state index is 10.9. The second kappa shape index (κ2) is 11.0. The third-order valence-electron chi connectivity index (χ3n) is 6.27. The van der Waals surface area contributed by atoms with Crippen LogP contribution in [0.15, 0.2) is 40.9 Å². The Kier molecular flexibility index (Phi) is 7.88. The topological polar surface area (TPSA) is 80.0 Å². The summed E-state index contributed by atoms with van der Waals surface area (Å²) in [5.41, 5.74) is 5.61. The fourth-order valence-electron chi connectivity index (χ4n) is 4.36. The van der Waals surface area contributed by atoms with Crippen LogP contribution < -0.4 is 10.1 Å². The summed E-state index contributed by atoms with van der Waals surface area (Å²) in [6.07, 6.45) is 0. The number of hydrogen-bond donors (Lipinski definition) is 2. The first-order valence-electron chi connectivity index (χ1n) is 12.0. The van der Waals surface area contributed by atoms with E-state index in [1.54, 1.807) is 13.2 Å². The molecule has 2 heterocycles. The fourth-order valence-corrected chi connectivity index (χ4v) is 4.36. The second-order valence-corrected chi connectivity index (χ2v) is 8.97. The average Bonchev–Trinajstić information content (AvgIpc) is 3.27. The molecule has 0 spiro atoms. The third-order valence-corrected chi connectivity index (χ3v) is 6.27. The van der Waals surface area contributed by atoms with Crippen LogP contribution in [0.4, 0.5) is 0 Å². The van der Waals surface area contributed by atoms with Gasteiger partial charge in [0.25, 0.3) is 0 Å². The Morgan fingerprint density at radius 1 is 1.15 bits per heavy atom. The van der Waals surface area contributed by atoms with E-state index in [1.165, 1.54) is 5.56 Å². The molecule has 1 fully saturated rings. The van der Waals surface area contributed by atoms with E-state index in [9.17, 15) is 5.11 Å². The van der Waals surface area contributed by atoms with Crippen molar-refractivity contribution in [3.8, 4) is 33.9 Å².